The summed E-state index contributed by atoms with van der Waals surface area (Å²) in [5, 5.41) is 8.74. The molecule has 2 saturated carbocycles. The van der Waals surface area contributed by atoms with Crippen molar-refractivity contribution < 1.29 is 23.9 Å². The van der Waals surface area contributed by atoms with E-state index in [-0.39, 0.29) is 19.1 Å². The molecule has 2 fully saturated rings. The predicted molar refractivity (Wildman–Crippen MR) is 128 cm³/mol. The summed E-state index contributed by atoms with van der Waals surface area (Å²) in [6.45, 7) is 4.56. The summed E-state index contributed by atoms with van der Waals surface area (Å²) in [5.74, 6) is 1.61. The van der Waals surface area contributed by atoms with E-state index in [1.54, 1.807) is 0 Å². The van der Waals surface area contributed by atoms with Crippen molar-refractivity contribution in [2.24, 2.45) is 17.8 Å². The Bertz CT molecular complexity index is 580. The zero-order valence-electron chi connectivity index (χ0n) is 20.5. The van der Waals surface area contributed by atoms with Gasteiger partial charge in [0.1, 0.15) is 0 Å². The standard InChI is InChI=1S/C25H45N3O5/c1-2-3-13-23(29)26-18-21-11-7-12-22(16-21)19-28-25(31)33-15-8-14-32-24(30)27-17-20-9-5-4-6-10-20/h20-22H,2-19H2,1H3,(H,26,29)(H,27,30)(H,28,31). The number of hydrogen-bond donors (Lipinski definition) is 3. The van der Waals surface area contributed by atoms with Crippen LogP contribution in [-0.2, 0) is 14.3 Å². The van der Waals surface area contributed by atoms with Crippen LogP contribution in [0.1, 0.15) is 90.4 Å². The Morgan fingerprint density at radius 2 is 1.24 bits per heavy atom. The molecular weight excluding hydrogens is 422 g/mol. The number of rotatable bonds is 13. The topological polar surface area (TPSA) is 106 Å². The number of hydrogen-bond acceptors (Lipinski definition) is 5. The maximum absolute atomic E-state index is 11.9. The number of carbonyl (C=O) groups is 3. The SMILES string of the molecule is CCCCC(=O)NCC1CCCC(CNC(=O)OCCCOC(=O)NCC2CCCCC2)C1. The maximum atomic E-state index is 11.9. The maximum Gasteiger partial charge on any atom is 0.407 e. The van der Waals surface area contributed by atoms with Gasteiger partial charge in [-0.2, -0.15) is 0 Å². The highest BCUT2D eigenvalue weighted by Gasteiger charge is 2.23. The number of ether oxygens (including phenoxy) is 2. The van der Waals surface area contributed by atoms with Gasteiger partial charge in [0.15, 0.2) is 0 Å². The van der Waals surface area contributed by atoms with Gasteiger partial charge in [-0.1, -0.05) is 39.0 Å². The highest BCUT2D eigenvalue weighted by molar-refractivity contribution is 5.75. The van der Waals surface area contributed by atoms with Gasteiger partial charge in [0, 0.05) is 32.5 Å². The normalized spacial score (nSPS) is 21.1. The van der Waals surface area contributed by atoms with Crippen molar-refractivity contribution in [3.8, 4) is 0 Å². The summed E-state index contributed by atoms with van der Waals surface area (Å²) in [4.78, 5) is 35.5. The van der Waals surface area contributed by atoms with Crippen molar-refractivity contribution in [1.82, 2.24) is 16.0 Å². The third-order valence-corrected chi connectivity index (χ3v) is 6.79. The van der Waals surface area contributed by atoms with Crippen LogP contribution < -0.4 is 16.0 Å². The minimum absolute atomic E-state index is 0.145. The van der Waals surface area contributed by atoms with Crippen LogP contribution in [-0.4, -0.2) is 50.9 Å². The Morgan fingerprint density at radius 1 is 0.697 bits per heavy atom. The smallest absolute Gasteiger partial charge is 0.407 e. The van der Waals surface area contributed by atoms with Crippen LogP contribution in [0.2, 0.25) is 0 Å². The zero-order chi connectivity index (χ0) is 23.7. The molecule has 0 heterocycles. The van der Waals surface area contributed by atoms with Crippen LogP contribution in [0.4, 0.5) is 9.59 Å². The van der Waals surface area contributed by atoms with E-state index in [0.29, 0.717) is 43.7 Å². The Morgan fingerprint density at radius 3 is 1.85 bits per heavy atom. The number of nitrogens with one attached hydrogen (secondary N) is 3. The molecule has 0 radical (unpaired) electrons. The molecule has 0 spiro atoms. The largest absolute Gasteiger partial charge is 0.449 e. The second kappa shape index (κ2) is 16.6. The van der Waals surface area contributed by atoms with Crippen molar-refractivity contribution in [1.29, 1.82) is 0 Å². The molecule has 3 amide bonds. The Labute approximate surface area is 199 Å². The van der Waals surface area contributed by atoms with Crippen molar-refractivity contribution in [3.05, 3.63) is 0 Å². The number of amides is 3. The lowest BCUT2D eigenvalue weighted by Crippen LogP contribution is -2.36. The van der Waals surface area contributed by atoms with Crippen LogP contribution in [0.3, 0.4) is 0 Å². The average molecular weight is 468 g/mol. The van der Waals surface area contributed by atoms with Gasteiger partial charge >= 0.3 is 12.2 Å². The van der Waals surface area contributed by atoms with E-state index in [9.17, 15) is 14.4 Å². The third-order valence-electron chi connectivity index (χ3n) is 6.79. The van der Waals surface area contributed by atoms with Gasteiger partial charge in [0.05, 0.1) is 13.2 Å². The van der Waals surface area contributed by atoms with Crippen LogP contribution >= 0.6 is 0 Å². The summed E-state index contributed by atoms with van der Waals surface area (Å²) < 4.78 is 10.3. The van der Waals surface area contributed by atoms with Crippen LogP contribution in [0.25, 0.3) is 0 Å². The molecule has 0 aromatic rings. The van der Waals surface area contributed by atoms with Gasteiger partial charge in [-0.25, -0.2) is 9.59 Å². The molecule has 0 aliphatic heterocycles. The van der Waals surface area contributed by atoms with Gasteiger partial charge in [0.25, 0.3) is 0 Å². The molecule has 8 nitrogen and oxygen atoms in total. The summed E-state index contributed by atoms with van der Waals surface area (Å²) in [6.07, 6.45) is 12.7. The molecule has 8 heteroatoms. The second-order valence-electron chi connectivity index (χ2n) is 9.70. The zero-order valence-corrected chi connectivity index (χ0v) is 20.5. The first-order valence-electron chi connectivity index (χ1n) is 13.1. The molecular formula is C25H45N3O5. The number of carbonyl (C=O) groups excluding carboxylic acids is 3. The lowest BCUT2D eigenvalue weighted by atomic mass is 9.81. The van der Waals surface area contributed by atoms with E-state index in [1.807, 2.05) is 0 Å². The molecule has 3 N–H and O–H groups in total. The highest BCUT2D eigenvalue weighted by atomic mass is 16.6. The molecule has 2 aliphatic carbocycles. The minimum Gasteiger partial charge on any atom is -0.449 e. The van der Waals surface area contributed by atoms with Crippen LogP contribution in [0.15, 0.2) is 0 Å². The van der Waals surface area contributed by atoms with E-state index in [0.717, 1.165) is 45.1 Å². The molecule has 2 rings (SSSR count). The summed E-state index contributed by atoms with van der Waals surface area (Å²) in [5.41, 5.74) is 0. The fourth-order valence-corrected chi connectivity index (χ4v) is 4.79. The molecule has 2 aliphatic rings. The van der Waals surface area contributed by atoms with Crippen molar-refractivity contribution in [2.45, 2.75) is 90.4 Å². The van der Waals surface area contributed by atoms with Crippen LogP contribution in [0, 0.1) is 17.8 Å². The molecule has 2 unspecified atom stereocenters. The van der Waals surface area contributed by atoms with Crippen molar-refractivity contribution in [3.63, 3.8) is 0 Å². The van der Waals surface area contributed by atoms with Gasteiger partial charge < -0.3 is 25.4 Å². The first-order valence-corrected chi connectivity index (χ1v) is 13.1. The number of unbranched alkanes of at least 4 members (excludes halogenated alkanes) is 1. The Kier molecular flexibility index (Phi) is 13.7. The Balaban J connectivity index is 1.45. The molecule has 0 saturated heterocycles. The molecule has 0 bridgehead atoms. The van der Waals surface area contributed by atoms with Gasteiger partial charge in [-0.05, 0) is 56.3 Å². The lowest BCUT2D eigenvalue weighted by Gasteiger charge is -2.29. The lowest BCUT2D eigenvalue weighted by molar-refractivity contribution is -0.121. The van der Waals surface area contributed by atoms with Gasteiger partial charge in [0.2, 0.25) is 5.91 Å². The quantitative estimate of drug-likeness (QED) is 0.345. The monoisotopic (exact) mass is 467 g/mol. The van der Waals surface area contributed by atoms with E-state index in [1.165, 1.54) is 32.1 Å². The van der Waals surface area contributed by atoms with Crippen molar-refractivity contribution >= 4 is 18.1 Å². The second-order valence-corrected chi connectivity index (χ2v) is 9.70. The van der Waals surface area contributed by atoms with Crippen LogP contribution in [0.5, 0.6) is 0 Å². The molecule has 0 aromatic carbocycles. The van der Waals surface area contributed by atoms with Gasteiger partial charge in [-0.3, -0.25) is 4.79 Å². The molecule has 2 atom stereocenters. The minimum atomic E-state index is -0.424. The highest BCUT2D eigenvalue weighted by Crippen LogP contribution is 2.28. The molecule has 190 valence electrons. The summed E-state index contributed by atoms with van der Waals surface area (Å²) >= 11 is 0. The van der Waals surface area contributed by atoms with Gasteiger partial charge in [-0.15, -0.1) is 0 Å². The first kappa shape index (κ1) is 27.3. The van der Waals surface area contributed by atoms with E-state index >= 15 is 0 Å². The predicted octanol–water partition coefficient (Wildman–Crippen LogP) is 4.52. The Hall–Kier alpha value is -1.99. The third kappa shape index (κ3) is 12.7. The average Bonchev–Trinajstić information content (AvgIpc) is 2.84. The fourth-order valence-electron chi connectivity index (χ4n) is 4.79. The van der Waals surface area contributed by atoms with Crippen molar-refractivity contribution in [2.75, 3.05) is 32.8 Å². The summed E-state index contributed by atoms with van der Waals surface area (Å²) in [7, 11) is 0. The van der Waals surface area contributed by atoms with E-state index in [2.05, 4.69) is 22.9 Å². The van der Waals surface area contributed by atoms with E-state index in [4.69, 9.17) is 9.47 Å². The first-order chi connectivity index (χ1) is 16.1. The fraction of sp³-hybridized carbons (Fsp3) is 0.880. The number of alkyl carbamates (subject to hydrolysis) is 2. The molecule has 0 aromatic heterocycles. The van der Waals surface area contributed by atoms with E-state index < -0.39 is 12.2 Å². The summed E-state index contributed by atoms with van der Waals surface area (Å²) in [6, 6.07) is 0. The molecule has 33 heavy (non-hydrogen) atoms.